The van der Waals surface area contributed by atoms with E-state index in [9.17, 15) is 9.90 Å². The van der Waals surface area contributed by atoms with Crippen LogP contribution in [0.25, 0.3) is 0 Å². The van der Waals surface area contributed by atoms with E-state index >= 15 is 0 Å². The van der Waals surface area contributed by atoms with E-state index in [0.29, 0.717) is 5.41 Å². The molecule has 2 saturated heterocycles. The van der Waals surface area contributed by atoms with Gasteiger partial charge in [0.15, 0.2) is 6.10 Å². The Kier molecular flexibility index (Phi) is 6.72. The van der Waals surface area contributed by atoms with Crippen LogP contribution in [-0.4, -0.2) is 61.9 Å². The number of methoxy groups -OCH3 is 1. The van der Waals surface area contributed by atoms with Crippen molar-refractivity contribution in [3.63, 3.8) is 0 Å². The molecule has 0 amide bonds. The van der Waals surface area contributed by atoms with Crippen molar-refractivity contribution in [3.8, 4) is 0 Å². The third kappa shape index (κ3) is 4.32. The molecule has 2 rings (SSSR count). The quantitative estimate of drug-likeness (QED) is 0.747. The minimum Gasteiger partial charge on any atom is -0.467 e. The monoisotopic (exact) mass is 306 g/mol. The van der Waals surface area contributed by atoms with Gasteiger partial charge in [-0.15, -0.1) is 12.4 Å². The fraction of sp³-hybridized carbons (Fsp3) is 0.929. The maximum absolute atomic E-state index is 11.3. The molecule has 0 saturated carbocycles. The summed E-state index contributed by atoms with van der Waals surface area (Å²) in [5.41, 5.74) is 0.383. The normalized spacial score (nSPS) is 29.8. The first-order valence-electron chi connectivity index (χ1n) is 7.23. The minimum atomic E-state index is -0.948. The van der Waals surface area contributed by atoms with Crippen LogP contribution in [-0.2, 0) is 9.53 Å². The molecule has 2 N–H and O–H groups in total. The molecule has 118 valence electrons. The lowest BCUT2D eigenvalue weighted by molar-refractivity contribution is -0.154. The number of rotatable bonds is 4. The number of ether oxygens (including phenoxy) is 1. The number of carbonyl (C=O) groups is 1. The minimum absolute atomic E-state index is 0. The van der Waals surface area contributed by atoms with E-state index in [1.54, 1.807) is 0 Å². The van der Waals surface area contributed by atoms with Gasteiger partial charge in [0.2, 0.25) is 0 Å². The second-order valence-corrected chi connectivity index (χ2v) is 6.32. The van der Waals surface area contributed by atoms with Gasteiger partial charge in [-0.2, -0.15) is 0 Å². The molecular weight excluding hydrogens is 280 g/mol. The number of aliphatic hydroxyl groups excluding tert-OH is 1. The van der Waals surface area contributed by atoms with Crippen molar-refractivity contribution in [2.45, 2.75) is 32.3 Å². The Morgan fingerprint density at radius 1 is 1.50 bits per heavy atom. The lowest BCUT2D eigenvalue weighted by atomic mass is 9.86. The highest BCUT2D eigenvalue weighted by atomic mass is 35.5. The summed E-state index contributed by atoms with van der Waals surface area (Å²) in [6, 6.07) is 0. The third-order valence-electron chi connectivity index (χ3n) is 4.58. The fourth-order valence-electron chi connectivity index (χ4n) is 3.28. The Hall–Kier alpha value is -0.360. The zero-order chi connectivity index (χ0) is 13.9. The number of esters is 1. The number of nitrogens with zero attached hydrogens (tertiary/aromatic N) is 1. The van der Waals surface area contributed by atoms with Crippen LogP contribution in [0.3, 0.4) is 0 Å². The molecule has 0 aromatic heterocycles. The Morgan fingerprint density at radius 3 is 2.65 bits per heavy atom. The van der Waals surface area contributed by atoms with Crippen LogP contribution >= 0.6 is 12.4 Å². The van der Waals surface area contributed by atoms with Crippen LogP contribution in [0.15, 0.2) is 0 Å². The van der Waals surface area contributed by atoms with Gasteiger partial charge >= 0.3 is 5.97 Å². The van der Waals surface area contributed by atoms with E-state index in [4.69, 9.17) is 0 Å². The van der Waals surface area contributed by atoms with E-state index in [1.807, 2.05) is 0 Å². The Balaban J connectivity index is 0.00000200. The van der Waals surface area contributed by atoms with Gasteiger partial charge in [-0.25, -0.2) is 4.79 Å². The molecule has 2 atom stereocenters. The van der Waals surface area contributed by atoms with Crippen LogP contribution in [0.2, 0.25) is 0 Å². The van der Waals surface area contributed by atoms with Gasteiger partial charge in [0, 0.05) is 13.1 Å². The molecule has 5 nitrogen and oxygen atoms in total. The lowest BCUT2D eigenvalue weighted by Crippen LogP contribution is -2.45. The van der Waals surface area contributed by atoms with Gasteiger partial charge < -0.3 is 20.1 Å². The molecular formula is C14H27ClN2O3. The second kappa shape index (κ2) is 7.59. The van der Waals surface area contributed by atoms with Crippen LogP contribution in [0.1, 0.15) is 26.2 Å². The Labute approximate surface area is 127 Å². The summed E-state index contributed by atoms with van der Waals surface area (Å²) in [5, 5.41) is 13.3. The van der Waals surface area contributed by atoms with Gasteiger partial charge in [-0.1, -0.05) is 6.92 Å². The largest absolute Gasteiger partial charge is 0.467 e. The highest BCUT2D eigenvalue weighted by Gasteiger charge is 2.34. The smallest absolute Gasteiger partial charge is 0.334 e. The zero-order valence-electron chi connectivity index (χ0n) is 12.4. The van der Waals surface area contributed by atoms with Crippen molar-refractivity contribution in [1.82, 2.24) is 10.2 Å². The highest BCUT2D eigenvalue weighted by molar-refractivity contribution is 5.85. The van der Waals surface area contributed by atoms with E-state index in [-0.39, 0.29) is 18.3 Å². The lowest BCUT2D eigenvalue weighted by Gasteiger charge is -2.37. The number of hydrogen-bond donors (Lipinski definition) is 2. The highest BCUT2D eigenvalue weighted by Crippen LogP contribution is 2.29. The number of hydrogen-bond acceptors (Lipinski definition) is 5. The van der Waals surface area contributed by atoms with Gasteiger partial charge in [0.05, 0.1) is 7.11 Å². The van der Waals surface area contributed by atoms with Gasteiger partial charge in [0.1, 0.15) is 0 Å². The first-order valence-corrected chi connectivity index (χ1v) is 7.23. The average molecular weight is 307 g/mol. The topological polar surface area (TPSA) is 61.8 Å². The van der Waals surface area contributed by atoms with E-state index < -0.39 is 12.1 Å². The SMILES string of the molecule is COC(=O)C(O)C1CCN(CC2(C)CCNC2)CC1.Cl. The molecule has 2 fully saturated rings. The molecule has 0 radical (unpaired) electrons. The molecule has 0 aromatic carbocycles. The maximum Gasteiger partial charge on any atom is 0.334 e. The molecule has 2 heterocycles. The summed E-state index contributed by atoms with van der Waals surface area (Å²) >= 11 is 0. The number of nitrogens with one attached hydrogen (secondary N) is 1. The summed E-state index contributed by atoms with van der Waals surface area (Å²) in [6.07, 6.45) is 2.04. The van der Waals surface area contributed by atoms with E-state index in [2.05, 4.69) is 21.9 Å². The van der Waals surface area contributed by atoms with Crippen LogP contribution in [0, 0.1) is 11.3 Å². The van der Waals surface area contributed by atoms with E-state index in [0.717, 1.165) is 45.6 Å². The van der Waals surface area contributed by atoms with Gasteiger partial charge in [-0.3, -0.25) is 0 Å². The molecule has 0 bridgehead atoms. The van der Waals surface area contributed by atoms with Crippen molar-refractivity contribution in [3.05, 3.63) is 0 Å². The summed E-state index contributed by atoms with van der Waals surface area (Å²) in [7, 11) is 1.33. The summed E-state index contributed by atoms with van der Waals surface area (Å²) in [4.78, 5) is 13.8. The number of piperidine rings is 1. The molecule has 20 heavy (non-hydrogen) atoms. The standard InChI is InChI=1S/C14H26N2O3.ClH/c1-14(5-6-15-9-14)10-16-7-3-11(4-8-16)12(17)13(18)19-2;/h11-12,15,17H,3-10H2,1-2H3;1H. The van der Waals surface area contributed by atoms with Crippen LogP contribution in [0.4, 0.5) is 0 Å². The summed E-state index contributed by atoms with van der Waals surface area (Å²) in [5.74, 6) is -0.441. The van der Waals surface area contributed by atoms with Crippen LogP contribution < -0.4 is 5.32 Å². The summed E-state index contributed by atoms with van der Waals surface area (Å²) < 4.78 is 4.60. The van der Waals surface area contributed by atoms with E-state index in [1.165, 1.54) is 13.5 Å². The number of carbonyl (C=O) groups excluding carboxylic acids is 1. The van der Waals surface area contributed by atoms with Gasteiger partial charge in [0.25, 0.3) is 0 Å². The average Bonchev–Trinajstić information content (AvgIpc) is 2.84. The predicted molar refractivity (Wildman–Crippen MR) is 80.0 cm³/mol. The first-order chi connectivity index (χ1) is 9.04. The van der Waals surface area contributed by atoms with Crippen molar-refractivity contribution < 1.29 is 14.6 Å². The Bertz CT molecular complexity index is 314. The molecule has 0 aromatic rings. The van der Waals surface area contributed by atoms with Gasteiger partial charge in [-0.05, 0) is 50.2 Å². The van der Waals surface area contributed by atoms with Crippen molar-refractivity contribution >= 4 is 18.4 Å². The second-order valence-electron chi connectivity index (χ2n) is 6.32. The molecule has 0 aliphatic carbocycles. The maximum atomic E-state index is 11.3. The third-order valence-corrected chi connectivity index (χ3v) is 4.58. The first kappa shape index (κ1) is 17.7. The zero-order valence-corrected chi connectivity index (χ0v) is 13.2. The molecule has 2 unspecified atom stereocenters. The van der Waals surface area contributed by atoms with Crippen molar-refractivity contribution in [1.29, 1.82) is 0 Å². The number of likely N-dealkylation sites (tertiary alicyclic amines) is 1. The fourth-order valence-corrected chi connectivity index (χ4v) is 3.28. The predicted octanol–water partition coefficient (Wildman–Crippen LogP) is 0.654. The molecule has 6 heteroatoms. The Morgan fingerprint density at radius 2 is 2.15 bits per heavy atom. The molecule has 2 aliphatic rings. The number of aliphatic hydroxyl groups is 1. The number of halogens is 1. The van der Waals surface area contributed by atoms with Crippen molar-refractivity contribution in [2.24, 2.45) is 11.3 Å². The molecule has 2 aliphatic heterocycles. The van der Waals surface area contributed by atoms with Crippen LogP contribution in [0.5, 0.6) is 0 Å². The van der Waals surface area contributed by atoms with Crippen molar-refractivity contribution in [2.75, 3.05) is 39.8 Å². The molecule has 0 spiro atoms. The summed E-state index contributed by atoms with van der Waals surface area (Å²) in [6.45, 7) is 7.60.